The van der Waals surface area contributed by atoms with Crippen LogP contribution in [0.3, 0.4) is 0 Å². The smallest absolute Gasteiger partial charge is 0.323 e. The molecule has 3 rings (SSSR count). The van der Waals surface area contributed by atoms with Gasteiger partial charge < -0.3 is 4.74 Å². The number of ether oxygens (including phenoxy) is 1. The molecule has 0 amide bonds. The quantitative estimate of drug-likeness (QED) is 0.749. The van der Waals surface area contributed by atoms with Crippen molar-refractivity contribution in [2.24, 2.45) is 5.92 Å². The van der Waals surface area contributed by atoms with Crippen molar-refractivity contribution in [1.82, 2.24) is 4.90 Å². The zero-order valence-electron chi connectivity index (χ0n) is 12.8. The van der Waals surface area contributed by atoms with Crippen LogP contribution in [0.15, 0.2) is 34.3 Å². The summed E-state index contributed by atoms with van der Waals surface area (Å²) in [5.41, 5.74) is 2.83. The van der Waals surface area contributed by atoms with Crippen LogP contribution in [0.4, 0.5) is 0 Å². The highest BCUT2D eigenvalue weighted by Gasteiger charge is 2.38. The van der Waals surface area contributed by atoms with E-state index in [-0.39, 0.29) is 17.9 Å². The van der Waals surface area contributed by atoms with E-state index in [1.54, 1.807) is 10.5 Å². The van der Waals surface area contributed by atoms with E-state index < -0.39 is 0 Å². The Kier molecular flexibility index (Phi) is 4.55. The van der Waals surface area contributed by atoms with Crippen LogP contribution >= 0.6 is 11.8 Å². The minimum absolute atomic E-state index is 0.0854. The molecule has 4 heteroatoms. The molecule has 0 aromatic heterocycles. The van der Waals surface area contributed by atoms with Crippen LogP contribution in [0, 0.1) is 5.92 Å². The monoisotopic (exact) mass is 305 g/mol. The standard InChI is InChI=1S/C17H23NO2S/c1-12-5-3-4-6-14(12)16(17(19)20-2)18-9-7-15-13(11-18)8-10-21-15/h3-5,14,16H,6-11H2,1-2H3/t14?,16-/m0/s1. The lowest BCUT2D eigenvalue weighted by Crippen LogP contribution is -2.49. The topological polar surface area (TPSA) is 29.5 Å². The Morgan fingerprint density at radius 1 is 1.48 bits per heavy atom. The molecule has 2 heterocycles. The molecule has 0 spiro atoms. The van der Waals surface area contributed by atoms with Gasteiger partial charge in [0.2, 0.25) is 0 Å². The maximum absolute atomic E-state index is 12.4. The van der Waals surface area contributed by atoms with Crippen LogP contribution in [0.25, 0.3) is 0 Å². The lowest BCUT2D eigenvalue weighted by molar-refractivity contribution is -0.148. The number of carbonyl (C=O) groups is 1. The lowest BCUT2D eigenvalue weighted by atomic mass is 9.84. The van der Waals surface area contributed by atoms with E-state index in [0.29, 0.717) is 0 Å². The van der Waals surface area contributed by atoms with Gasteiger partial charge >= 0.3 is 5.97 Å². The second kappa shape index (κ2) is 6.41. The fraction of sp³-hybridized carbons (Fsp3) is 0.588. The highest BCUT2D eigenvalue weighted by Crippen LogP contribution is 2.39. The molecule has 0 aromatic rings. The van der Waals surface area contributed by atoms with Crippen molar-refractivity contribution in [2.75, 3.05) is 26.0 Å². The Morgan fingerprint density at radius 2 is 2.33 bits per heavy atom. The predicted octanol–water partition coefficient (Wildman–Crippen LogP) is 3.15. The fourth-order valence-electron chi connectivity index (χ4n) is 3.58. The molecule has 0 aromatic carbocycles. The van der Waals surface area contributed by atoms with Gasteiger partial charge in [-0.1, -0.05) is 23.8 Å². The first-order valence-electron chi connectivity index (χ1n) is 7.69. The third kappa shape index (κ3) is 2.97. The summed E-state index contributed by atoms with van der Waals surface area (Å²) in [5.74, 6) is 1.38. The van der Waals surface area contributed by atoms with Crippen LogP contribution in [0.5, 0.6) is 0 Å². The number of hydrogen-bond donors (Lipinski definition) is 0. The van der Waals surface area contributed by atoms with Crippen LogP contribution < -0.4 is 0 Å². The van der Waals surface area contributed by atoms with Gasteiger partial charge in [0.1, 0.15) is 6.04 Å². The average Bonchev–Trinajstić information content (AvgIpc) is 2.97. The highest BCUT2D eigenvalue weighted by molar-refractivity contribution is 8.03. The van der Waals surface area contributed by atoms with E-state index in [9.17, 15) is 4.79 Å². The Labute approximate surface area is 131 Å². The minimum Gasteiger partial charge on any atom is -0.468 e. The Balaban J connectivity index is 1.82. The van der Waals surface area contributed by atoms with Gasteiger partial charge in [-0.25, -0.2) is 0 Å². The summed E-state index contributed by atoms with van der Waals surface area (Å²) < 4.78 is 5.13. The Hall–Kier alpha value is -1.00. The van der Waals surface area contributed by atoms with Gasteiger partial charge in [0.05, 0.1) is 7.11 Å². The van der Waals surface area contributed by atoms with Crippen molar-refractivity contribution in [3.05, 3.63) is 34.3 Å². The summed E-state index contributed by atoms with van der Waals surface area (Å²) >= 11 is 2.00. The third-order valence-corrected chi connectivity index (χ3v) is 6.03. The van der Waals surface area contributed by atoms with Crippen molar-refractivity contribution >= 4 is 17.7 Å². The molecule has 114 valence electrons. The molecule has 2 atom stereocenters. The summed E-state index contributed by atoms with van der Waals surface area (Å²) in [6, 6.07) is -0.143. The van der Waals surface area contributed by atoms with E-state index in [4.69, 9.17) is 4.74 Å². The molecule has 1 aliphatic carbocycles. The molecular weight excluding hydrogens is 282 g/mol. The van der Waals surface area contributed by atoms with Gasteiger partial charge in [0.15, 0.2) is 0 Å². The maximum atomic E-state index is 12.4. The molecule has 1 unspecified atom stereocenters. The van der Waals surface area contributed by atoms with Crippen molar-refractivity contribution in [1.29, 1.82) is 0 Å². The molecule has 0 saturated carbocycles. The fourth-order valence-corrected chi connectivity index (χ4v) is 4.78. The zero-order chi connectivity index (χ0) is 14.8. The molecule has 3 aliphatic rings. The van der Waals surface area contributed by atoms with Crippen molar-refractivity contribution in [3.8, 4) is 0 Å². The average molecular weight is 305 g/mol. The SMILES string of the molecule is COC(=O)[C@H](C1CC=CC=C1C)N1CCC2=C(CCS2)C1. The van der Waals surface area contributed by atoms with Crippen molar-refractivity contribution in [2.45, 2.75) is 32.2 Å². The molecule has 0 bridgehead atoms. The van der Waals surface area contributed by atoms with E-state index in [1.807, 2.05) is 11.8 Å². The second-order valence-electron chi connectivity index (χ2n) is 5.99. The van der Waals surface area contributed by atoms with Gasteiger partial charge in [0.25, 0.3) is 0 Å². The van der Waals surface area contributed by atoms with Gasteiger partial charge in [-0.05, 0) is 36.7 Å². The Morgan fingerprint density at radius 3 is 3.10 bits per heavy atom. The molecule has 0 N–H and O–H groups in total. The normalized spacial score (nSPS) is 27.3. The maximum Gasteiger partial charge on any atom is 0.323 e. The third-order valence-electron chi connectivity index (χ3n) is 4.78. The molecule has 0 radical (unpaired) electrons. The number of rotatable bonds is 3. The molecule has 21 heavy (non-hydrogen) atoms. The minimum atomic E-state index is -0.143. The van der Waals surface area contributed by atoms with Gasteiger partial charge in [0, 0.05) is 24.8 Å². The zero-order valence-corrected chi connectivity index (χ0v) is 13.6. The number of methoxy groups -OCH3 is 1. The van der Waals surface area contributed by atoms with Gasteiger partial charge in [-0.15, -0.1) is 11.8 Å². The molecule has 0 fully saturated rings. The van der Waals surface area contributed by atoms with E-state index in [2.05, 4.69) is 30.1 Å². The molecule has 0 saturated heterocycles. The molecule has 3 nitrogen and oxygen atoms in total. The van der Waals surface area contributed by atoms with Crippen LogP contribution in [-0.4, -0.2) is 42.9 Å². The van der Waals surface area contributed by atoms with E-state index in [1.165, 1.54) is 24.9 Å². The second-order valence-corrected chi connectivity index (χ2v) is 7.18. The van der Waals surface area contributed by atoms with E-state index >= 15 is 0 Å². The summed E-state index contributed by atoms with van der Waals surface area (Å²) in [4.78, 5) is 16.3. The molecule has 2 aliphatic heterocycles. The number of esters is 1. The van der Waals surface area contributed by atoms with Gasteiger partial charge in [-0.3, -0.25) is 9.69 Å². The van der Waals surface area contributed by atoms with Gasteiger partial charge in [-0.2, -0.15) is 0 Å². The number of carbonyl (C=O) groups excluding carboxylic acids is 1. The lowest BCUT2D eigenvalue weighted by Gasteiger charge is -2.38. The number of allylic oxidation sites excluding steroid dienone is 3. The first kappa shape index (κ1) is 14.9. The number of hydrogen-bond acceptors (Lipinski definition) is 4. The summed E-state index contributed by atoms with van der Waals surface area (Å²) in [6.45, 7) is 4.04. The molecular formula is C17H23NO2S. The largest absolute Gasteiger partial charge is 0.468 e. The first-order chi connectivity index (χ1) is 10.2. The first-order valence-corrected chi connectivity index (χ1v) is 8.68. The Bertz CT molecular complexity index is 521. The van der Waals surface area contributed by atoms with E-state index in [0.717, 1.165) is 25.9 Å². The predicted molar refractivity (Wildman–Crippen MR) is 87.1 cm³/mol. The summed E-state index contributed by atoms with van der Waals surface area (Å²) in [7, 11) is 1.51. The van der Waals surface area contributed by atoms with Crippen molar-refractivity contribution < 1.29 is 9.53 Å². The highest BCUT2D eigenvalue weighted by atomic mass is 32.2. The van der Waals surface area contributed by atoms with Crippen molar-refractivity contribution in [3.63, 3.8) is 0 Å². The van der Waals surface area contributed by atoms with Crippen LogP contribution in [0.2, 0.25) is 0 Å². The number of thioether (sulfide) groups is 1. The number of nitrogens with zero attached hydrogens (tertiary/aromatic N) is 1. The summed E-state index contributed by atoms with van der Waals surface area (Å²) in [6.07, 6.45) is 9.59. The van der Waals surface area contributed by atoms with Crippen LogP contribution in [-0.2, 0) is 9.53 Å². The van der Waals surface area contributed by atoms with Crippen LogP contribution in [0.1, 0.15) is 26.2 Å². The summed E-state index contributed by atoms with van der Waals surface area (Å²) in [5, 5.41) is 0.